The second-order valence-corrected chi connectivity index (χ2v) is 5.51. The Morgan fingerprint density at radius 3 is 2.45 bits per heavy atom. The fraction of sp³-hybridized carbons (Fsp3) is 0.643. The van der Waals surface area contributed by atoms with Gasteiger partial charge in [0.15, 0.2) is 0 Å². The summed E-state index contributed by atoms with van der Waals surface area (Å²) in [7, 11) is 1.89. The molecule has 0 bridgehead atoms. The third-order valence-electron chi connectivity index (χ3n) is 4.09. The minimum Gasteiger partial charge on any atom is -0.353 e. The molecule has 0 aliphatic carbocycles. The molecule has 1 fully saturated rings. The second-order valence-electron chi connectivity index (χ2n) is 5.51. The zero-order chi connectivity index (χ0) is 16.3. The number of carbonyl (C=O) groups is 1. The van der Waals surface area contributed by atoms with Crippen molar-refractivity contribution in [2.24, 2.45) is 7.05 Å². The van der Waals surface area contributed by atoms with Gasteiger partial charge in [-0.1, -0.05) is 0 Å². The maximum absolute atomic E-state index is 12.7. The van der Waals surface area contributed by atoms with E-state index in [0.717, 1.165) is 12.6 Å². The minimum atomic E-state index is -4.23. The molecule has 1 unspecified atom stereocenters. The lowest BCUT2D eigenvalue weighted by atomic mass is 10.2. The van der Waals surface area contributed by atoms with Crippen LogP contribution in [0.25, 0.3) is 0 Å². The van der Waals surface area contributed by atoms with E-state index in [1.54, 1.807) is 4.90 Å². The Morgan fingerprint density at radius 2 is 1.95 bits per heavy atom. The van der Waals surface area contributed by atoms with Gasteiger partial charge in [-0.25, -0.2) is 4.79 Å². The van der Waals surface area contributed by atoms with E-state index >= 15 is 0 Å². The first kappa shape index (κ1) is 16.7. The van der Waals surface area contributed by atoms with Gasteiger partial charge in [-0.05, 0) is 19.1 Å². The maximum Gasteiger partial charge on any atom is 0.403 e. The predicted molar refractivity (Wildman–Crippen MR) is 76.3 cm³/mol. The lowest BCUT2D eigenvalue weighted by Gasteiger charge is -2.38. The van der Waals surface area contributed by atoms with Crippen LogP contribution in [-0.4, -0.2) is 58.8 Å². The van der Waals surface area contributed by atoms with Gasteiger partial charge >= 0.3 is 12.2 Å². The van der Waals surface area contributed by atoms with Crippen LogP contribution in [0.15, 0.2) is 18.3 Å². The van der Waals surface area contributed by atoms with Gasteiger partial charge in [0.1, 0.15) is 6.04 Å². The highest BCUT2D eigenvalue weighted by atomic mass is 19.4. The maximum atomic E-state index is 12.7. The standard InChI is InChI=1S/C14H21F3N4O/c1-11(14(15,16)17)20-6-8-21(9-7-20)13(22)18-10-12-4-3-5-19(12)2/h3-5,11H,6-10H2,1-2H3,(H,18,22). The van der Waals surface area contributed by atoms with Gasteiger partial charge in [-0.15, -0.1) is 0 Å². The molecule has 0 saturated carbocycles. The summed E-state index contributed by atoms with van der Waals surface area (Å²) in [5.74, 6) is 0. The molecular formula is C14H21F3N4O. The third-order valence-corrected chi connectivity index (χ3v) is 4.09. The number of urea groups is 1. The lowest BCUT2D eigenvalue weighted by molar-refractivity contribution is -0.181. The molecule has 5 nitrogen and oxygen atoms in total. The molecule has 0 aromatic carbocycles. The summed E-state index contributed by atoms with van der Waals surface area (Å²) in [4.78, 5) is 15.0. The third kappa shape index (κ3) is 3.94. The summed E-state index contributed by atoms with van der Waals surface area (Å²) >= 11 is 0. The smallest absolute Gasteiger partial charge is 0.353 e. The Labute approximate surface area is 127 Å². The first-order valence-corrected chi connectivity index (χ1v) is 7.23. The number of alkyl halides is 3. The Balaban J connectivity index is 1.79. The van der Waals surface area contributed by atoms with Crippen LogP contribution in [0.3, 0.4) is 0 Å². The minimum absolute atomic E-state index is 0.234. The van der Waals surface area contributed by atoms with Crippen LogP contribution in [0.1, 0.15) is 12.6 Å². The predicted octanol–water partition coefficient (Wildman–Crippen LogP) is 1.80. The number of nitrogens with zero attached hydrogens (tertiary/aromatic N) is 3. The molecule has 1 atom stereocenters. The number of aromatic nitrogens is 1. The Hall–Kier alpha value is -1.70. The number of rotatable bonds is 3. The highest BCUT2D eigenvalue weighted by molar-refractivity contribution is 5.74. The Bertz CT molecular complexity index is 506. The quantitative estimate of drug-likeness (QED) is 0.923. The van der Waals surface area contributed by atoms with Crippen molar-refractivity contribution < 1.29 is 18.0 Å². The molecule has 2 rings (SSSR count). The van der Waals surface area contributed by atoms with Crippen molar-refractivity contribution in [1.82, 2.24) is 19.7 Å². The van der Waals surface area contributed by atoms with Crippen LogP contribution in [0.2, 0.25) is 0 Å². The Kier molecular flexibility index (Phi) is 5.00. The molecule has 22 heavy (non-hydrogen) atoms. The summed E-state index contributed by atoms with van der Waals surface area (Å²) in [6.45, 7) is 2.64. The number of hydrogen-bond acceptors (Lipinski definition) is 2. The molecule has 124 valence electrons. The molecule has 8 heteroatoms. The highest BCUT2D eigenvalue weighted by Gasteiger charge is 2.41. The van der Waals surface area contributed by atoms with Crippen LogP contribution in [0.4, 0.5) is 18.0 Å². The van der Waals surface area contributed by atoms with E-state index in [9.17, 15) is 18.0 Å². The van der Waals surface area contributed by atoms with Crippen molar-refractivity contribution in [3.8, 4) is 0 Å². The van der Waals surface area contributed by atoms with Crippen molar-refractivity contribution in [3.63, 3.8) is 0 Å². The van der Waals surface area contributed by atoms with E-state index in [1.807, 2.05) is 29.9 Å². The van der Waals surface area contributed by atoms with Crippen LogP contribution in [0.5, 0.6) is 0 Å². The van der Waals surface area contributed by atoms with E-state index in [1.165, 1.54) is 4.90 Å². The zero-order valence-corrected chi connectivity index (χ0v) is 12.7. The van der Waals surface area contributed by atoms with E-state index in [2.05, 4.69) is 5.32 Å². The molecule has 1 aliphatic rings. The first-order valence-electron chi connectivity index (χ1n) is 7.23. The number of carbonyl (C=O) groups excluding carboxylic acids is 1. The molecule has 0 spiro atoms. The van der Waals surface area contributed by atoms with Crippen molar-refractivity contribution >= 4 is 6.03 Å². The van der Waals surface area contributed by atoms with Crippen molar-refractivity contribution in [2.75, 3.05) is 26.2 Å². The molecule has 1 aromatic rings. The van der Waals surface area contributed by atoms with Crippen molar-refractivity contribution in [2.45, 2.75) is 25.7 Å². The normalized spacial score (nSPS) is 18.3. The van der Waals surface area contributed by atoms with Gasteiger partial charge < -0.3 is 14.8 Å². The number of aryl methyl sites for hydroxylation is 1. The molecule has 0 radical (unpaired) electrons. The topological polar surface area (TPSA) is 40.5 Å². The van der Waals surface area contributed by atoms with Gasteiger partial charge in [0.25, 0.3) is 0 Å². The average molecular weight is 318 g/mol. The second kappa shape index (κ2) is 6.60. The fourth-order valence-corrected chi connectivity index (χ4v) is 2.48. The summed E-state index contributed by atoms with van der Waals surface area (Å²) in [5.41, 5.74) is 0.970. The van der Waals surface area contributed by atoms with E-state index in [4.69, 9.17) is 0 Å². The summed E-state index contributed by atoms with van der Waals surface area (Å²) in [5, 5.41) is 2.80. The monoisotopic (exact) mass is 318 g/mol. The number of amides is 2. The SMILES string of the molecule is CC(N1CCN(C(=O)NCc2cccn2C)CC1)C(F)(F)F. The van der Waals surface area contributed by atoms with E-state index in [-0.39, 0.29) is 19.1 Å². The van der Waals surface area contributed by atoms with E-state index < -0.39 is 12.2 Å². The van der Waals surface area contributed by atoms with Crippen LogP contribution >= 0.6 is 0 Å². The van der Waals surface area contributed by atoms with Gasteiger partial charge in [0, 0.05) is 45.1 Å². The van der Waals surface area contributed by atoms with Crippen LogP contribution in [0, 0.1) is 0 Å². The summed E-state index contributed by atoms with van der Waals surface area (Å²) < 4.78 is 39.9. The van der Waals surface area contributed by atoms with Gasteiger partial charge in [0.2, 0.25) is 0 Å². The molecule has 2 amide bonds. The van der Waals surface area contributed by atoms with Crippen LogP contribution in [-0.2, 0) is 13.6 Å². The molecule has 1 aliphatic heterocycles. The first-order chi connectivity index (χ1) is 10.3. The lowest BCUT2D eigenvalue weighted by Crippen LogP contribution is -2.56. The van der Waals surface area contributed by atoms with Crippen LogP contribution < -0.4 is 5.32 Å². The number of halogens is 3. The molecule has 2 heterocycles. The molecule has 1 saturated heterocycles. The largest absolute Gasteiger partial charge is 0.403 e. The number of piperazine rings is 1. The number of nitrogens with one attached hydrogen (secondary N) is 1. The Morgan fingerprint density at radius 1 is 1.32 bits per heavy atom. The fourth-order valence-electron chi connectivity index (χ4n) is 2.48. The summed E-state index contributed by atoms with van der Waals surface area (Å²) in [6.07, 6.45) is -2.34. The average Bonchev–Trinajstić information content (AvgIpc) is 2.88. The van der Waals surface area contributed by atoms with Gasteiger partial charge in [0.05, 0.1) is 6.54 Å². The van der Waals surface area contributed by atoms with E-state index in [0.29, 0.717) is 19.6 Å². The molecular weight excluding hydrogens is 297 g/mol. The van der Waals surface area contributed by atoms with Gasteiger partial charge in [-0.2, -0.15) is 13.2 Å². The van der Waals surface area contributed by atoms with Crippen molar-refractivity contribution in [3.05, 3.63) is 24.0 Å². The highest BCUT2D eigenvalue weighted by Crippen LogP contribution is 2.25. The number of hydrogen-bond donors (Lipinski definition) is 1. The molecule has 1 N–H and O–H groups in total. The van der Waals surface area contributed by atoms with Gasteiger partial charge in [-0.3, -0.25) is 4.90 Å². The summed E-state index contributed by atoms with van der Waals surface area (Å²) in [6, 6.07) is 2.09. The van der Waals surface area contributed by atoms with Crippen molar-refractivity contribution in [1.29, 1.82) is 0 Å². The zero-order valence-electron chi connectivity index (χ0n) is 12.7. The molecule has 1 aromatic heterocycles.